The van der Waals surface area contributed by atoms with Crippen LogP contribution in [-0.4, -0.2) is 60.2 Å². The predicted molar refractivity (Wildman–Crippen MR) is 141 cm³/mol. The molecule has 0 fully saturated rings. The van der Waals surface area contributed by atoms with Crippen LogP contribution in [0.1, 0.15) is 29.3 Å². The zero-order chi connectivity index (χ0) is 22.7. The van der Waals surface area contributed by atoms with Crippen molar-refractivity contribution < 1.29 is 0 Å². The van der Waals surface area contributed by atoms with Gasteiger partial charge in [0, 0.05) is 60.9 Å². The molecule has 3 nitrogen and oxygen atoms in total. The Morgan fingerprint density at radius 3 is 2.00 bits per heavy atom. The summed E-state index contributed by atoms with van der Waals surface area (Å²) >= 11 is 8.73. The van der Waals surface area contributed by atoms with Gasteiger partial charge in [0.1, 0.15) is 0 Å². The average molecular weight is 455 g/mol. The molecule has 0 aliphatic rings. The van der Waals surface area contributed by atoms with E-state index in [1.807, 2.05) is 19.1 Å². The highest BCUT2D eigenvalue weighted by atomic mass is 27.1. The quantitative estimate of drug-likeness (QED) is 0.312. The van der Waals surface area contributed by atoms with Gasteiger partial charge in [-0.1, -0.05) is 61.7 Å². The molecule has 0 amide bonds. The van der Waals surface area contributed by atoms with Crippen LogP contribution in [0.5, 0.6) is 0 Å². The Hall–Kier alpha value is -2.12. The Bertz CT molecular complexity index is 1570. The number of hydrogen-bond donors (Lipinski definition) is 0. The molecular weight excluding hydrogens is 435 g/mol. The first kappa shape index (κ1) is 21.7. The van der Waals surface area contributed by atoms with Crippen LogP contribution in [0, 0.1) is 6.92 Å². The van der Waals surface area contributed by atoms with Crippen molar-refractivity contribution in [3.63, 3.8) is 0 Å². The summed E-state index contributed by atoms with van der Waals surface area (Å²) in [6, 6.07) is 12.9. The summed E-state index contributed by atoms with van der Waals surface area (Å²) in [6.45, 7) is 12.5. The molecule has 3 aromatic heterocycles. The van der Waals surface area contributed by atoms with E-state index in [1.165, 1.54) is 32.9 Å². The Morgan fingerprint density at radius 1 is 0.750 bits per heavy atom. The van der Waals surface area contributed by atoms with Crippen molar-refractivity contribution in [2.75, 3.05) is 0 Å². The number of benzene rings is 2. The minimum Gasteiger partial charge on any atom is -0.450 e. The third-order valence-corrected chi connectivity index (χ3v) is 7.95. The van der Waals surface area contributed by atoms with Crippen LogP contribution in [0.3, 0.4) is 0 Å². The van der Waals surface area contributed by atoms with Gasteiger partial charge in [-0.3, -0.25) is 0 Å². The number of para-hydroxylation sites is 1. The minimum atomic E-state index is 1.12. The number of hydrogen-bond acceptors (Lipinski definition) is 0. The fraction of sp³-hybridized carbons (Fsp3) is 0.0769. The van der Waals surface area contributed by atoms with Crippen molar-refractivity contribution in [3.8, 4) is 11.4 Å². The molecule has 2 aromatic carbocycles. The van der Waals surface area contributed by atoms with E-state index in [0.717, 1.165) is 33.5 Å². The van der Waals surface area contributed by atoms with Crippen molar-refractivity contribution in [2.24, 2.45) is 0 Å². The Labute approximate surface area is 213 Å². The summed E-state index contributed by atoms with van der Waals surface area (Å²) < 4.78 is 6.64. The molecule has 6 radical (unpaired) electrons. The van der Waals surface area contributed by atoms with Crippen LogP contribution < -0.4 is 0 Å². The smallest absolute Gasteiger partial charge is 0.318 e. The molecule has 0 bridgehead atoms. The molecule has 0 saturated carbocycles. The van der Waals surface area contributed by atoms with E-state index in [1.54, 1.807) is 0 Å². The molecule has 0 atom stereocenters. The average Bonchev–Trinajstić information content (AvgIpc) is 3.34. The monoisotopic (exact) mass is 455 g/mol. The number of aryl methyl sites for hydroxylation is 1. The van der Waals surface area contributed by atoms with Gasteiger partial charge in [-0.15, -0.1) is 0 Å². The summed E-state index contributed by atoms with van der Waals surface area (Å²) in [4.78, 5) is 0. The second kappa shape index (κ2) is 8.03. The van der Waals surface area contributed by atoms with Gasteiger partial charge in [-0.25, -0.2) is 0 Å². The van der Waals surface area contributed by atoms with Crippen molar-refractivity contribution >= 4 is 100 Å². The van der Waals surface area contributed by atoms with E-state index in [9.17, 15) is 0 Å². The standard InChI is InChI=1S/C26H20N3.3Al/c1-5-10-21-16(6-2)19-13-14-20-17(7-3)24(29-26(20)25(19)28-21)23-15(4)18-11-8-9-12-22(18)27-23;;;/h5-14H,2-3H2,1,4H3;;;/q-3;3*+1/b10-5-;;;. The maximum atomic E-state index is 4.19. The first-order valence-corrected chi connectivity index (χ1v) is 12.0. The van der Waals surface area contributed by atoms with E-state index in [-0.39, 0.29) is 0 Å². The lowest BCUT2D eigenvalue weighted by atomic mass is 10.0. The molecular formula is C26H20Al3N3. The third-order valence-electron chi connectivity index (χ3n) is 6.37. The van der Waals surface area contributed by atoms with Gasteiger partial charge in [0.05, 0.1) is 0 Å². The number of allylic oxidation sites excluding steroid dienone is 1. The Morgan fingerprint density at radius 2 is 1.38 bits per heavy atom. The second-order valence-electron chi connectivity index (χ2n) is 7.93. The van der Waals surface area contributed by atoms with E-state index in [2.05, 4.69) is 129 Å². The normalized spacial score (nSPS) is 11.9. The minimum absolute atomic E-state index is 1.12. The van der Waals surface area contributed by atoms with Gasteiger partial charge >= 0.3 is 49.5 Å². The molecule has 148 valence electrons. The molecule has 5 rings (SSSR count). The molecule has 6 heteroatoms. The van der Waals surface area contributed by atoms with Gasteiger partial charge in [0.15, 0.2) is 0 Å². The first-order valence-electron chi connectivity index (χ1n) is 10.4. The van der Waals surface area contributed by atoms with Crippen molar-refractivity contribution in [1.82, 2.24) is 10.7 Å². The van der Waals surface area contributed by atoms with Gasteiger partial charge < -0.3 is 10.7 Å². The van der Waals surface area contributed by atoms with E-state index in [0.29, 0.717) is 0 Å². The van der Waals surface area contributed by atoms with Crippen molar-refractivity contribution in [1.29, 1.82) is 0 Å². The Kier molecular flexibility index (Phi) is 5.45. The topological polar surface area (TPSA) is 14.8 Å². The van der Waals surface area contributed by atoms with Crippen LogP contribution in [0.15, 0.2) is 55.6 Å². The van der Waals surface area contributed by atoms with Gasteiger partial charge in [-0.05, 0) is 31.6 Å². The molecule has 0 aliphatic heterocycles. The molecule has 0 aliphatic carbocycles. The zero-order valence-corrected chi connectivity index (χ0v) is 21.7. The predicted octanol–water partition coefficient (Wildman–Crippen LogP) is 5.64. The molecule has 32 heavy (non-hydrogen) atoms. The first-order chi connectivity index (χ1) is 15.5. The lowest BCUT2D eigenvalue weighted by Gasteiger charge is -2.13. The zero-order valence-electron chi connectivity index (χ0n) is 18.3. The van der Waals surface area contributed by atoms with Crippen LogP contribution in [0.25, 0.3) is 62.3 Å². The van der Waals surface area contributed by atoms with Gasteiger partial charge in [0.25, 0.3) is 0 Å². The largest absolute Gasteiger partial charge is 0.450 e. The number of fused-ring (bicyclic) bond motifs is 4. The molecule has 5 aromatic rings. The van der Waals surface area contributed by atoms with Crippen LogP contribution in [0.4, 0.5) is 0 Å². The molecule has 0 N–H and O–H groups in total. The highest BCUT2D eigenvalue weighted by molar-refractivity contribution is 6.27. The maximum absolute atomic E-state index is 4.19. The maximum Gasteiger partial charge on any atom is 0.318 e. The number of rotatable bonds is 4. The van der Waals surface area contributed by atoms with Crippen molar-refractivity contribution in [3.05, 3.63) is 78.0 Å². The van der Waals surface area contributed by atoms with E-state index < -0.39 is 0 Å². The summed E-state index contributed by atoms with van der Waals surface area (Å²) in [5, 5.41) is 3.62. The van der Waals surface area contributed by atoms with Crippen molar-refractivity contribution in [2.45, 2.75) is 13.8 Å². The lowest BCUT2D eigenvalue weighted by Crippen LogP contribution is -2.03. The molecule has 0 spiro atoms. The molecule has 0 saturated heterocycles. The highest BCUT2D eigenvalue weighted by Gasteiger charge is 2.22. The third kappa shape index (κ3) is 2.80. The number of nitrogens with zero attached hydrogens (tertiary/aromatic N) is 3. The van der Waals surface area contributed by atoms with E-state index in [4.69, 9.17) is 0 Å². The summed E-state index contributed by atoms with van der Waals surface area (Å²) in [6.07, 6.45) is 8.12. The molecule has 0 unspecified atom stereocenters. The van der Waals surface area contributed by atoms with E-state index >= 15 is 0 Å². The van der Waals surface area contributed by atoms with Gasteiger partial charge in [0.2, 0.25) is 0 Å². The SMILES string of the molecule is C=Cc1c(/C=C\C)[n]([Al])c2c1ccc1c(C=C)c(-c3c(C)c4ccccc4[n]3[Al])[n]([Al])c12. The second-order valence-corrected chi connectivity index (χ2v) is 9.48. The molecule has 3 heterocycles. The lowest BCUT2D eigenvalue weighted by molar-refractivity contribution is 1.22. The Balaban J connectivity index is 2.00. The fourth-order valence-electron chi connectivity index (χ4n) is 4.97. The summed E-state index contributed by atoms with van der Waals surface area (Å²) in [5.74, 6) is 0. The van der Waals surface area contributed by atoms with Gasteiger partial charge in [-0.2, -0.15) is 0 Å². The fourth-order valence-corrected chi connectivity index (χ4v) is 6.52. The van der Waals surface area contributed by atoms with Crippen LogP contribution >= 0.6 is 0 Å². The van der Waals surface area contributed by atoms with Crippen LogP contribution in [-0.2, 0) is 0 Å². The number of aromatic nitrogens is 3. The summed E-state index contributed by atoms with van der Waals surface area (Å²) in [7, 11) is 0. The summed E-state index contributed by atoms with van der Waals surface area (Å²) in [5.41, 5.74) is 10.5. The van der Waals surface area contributed by atoms with Crippen LogP contribution in [0.2, 0.25) is 0 Å². The highest BCUT2D eigenvalue weighted by Crippen LogP contribution is 2.42.